The molecule has 5 rings (SSSR count). The zero-order valence-electron chi connectivity index (χ0n) is 19.5. The molecule has 0 fully saturated rings. The summed E-state index contributed by atoms with van der Waals surface area (Å²) >= 11 is 1.33. The fourth-order valence-electron chi connectivity index (χ4n) is 3.78. The fourth-order valence-corrected chi connectivity index (χ4v) is 6.41. The SMILES string of the molecule is Cc1ccc(-c2nc(N(c3ccccc3)c3ccccc3)s[n+]2CS(=O)(=O)c2ccccc2)cc1.[Br-]. The van der Waals surface area contributed by atoms with E-state index >= 15 is 0 Å². The molecule has 0 aliphatic rings. The third-order valence-electron chi connectivity index (χ3n) is 5.55. The highest BCUT2D eigenvalue weighted by atomic mass is 79.9. The Balaban J connectivity index is 0.00000304. The molecule has 0 spiro atoms. The van der Waals surface area contributed by atoms with Crippen LogP contribution in [0.2, 0.25) is 0 Å². The molecule has 0 N–H and O–H groups in total. The average molecular weight is 579 g/mol. The lowest BCUT2D eigenvalue weighted by Gasteiger charge is -2.18. The van der Waals surface area contributed by atoms with Gasteiger partial charge in [-0.05, 0) is 60.4 Å². The van der Waals surface area contributed by atoms with Crippen molar-refractivity contribution in [3.63, 3.8) is 0 Å². The molecule has 5 nitrogen and oxygen atoms in total. The van der Waals surface area contributed by atoms with Crippen molar-refractivity contribution in [2.45, 2.75) is 17.7 Å². The highest BCUT2D eigenvalue weighted by molar-refractivity contribution is 7.90. The van der Waals surface area contributed by atoms with Gasteiger partial charge in [-0.3, -0.25) is 4.90 Å². The van der Waals surface area contributed by atoms with Gasteiger partial charge in [0, 0.05) is 0 Å². The third kappa shape index (κ3) is 5.56. The minimum absolute atomic E-state index is 0. The number of anilines is 3. The molecule has 0 amide bonds. The highest BCUT2D eigenvalue weighted by Gasteiger charge is 2.31. The van der Waals surface area contributed by atoms with Gasteiger partial charge in [-0.15, -0.1) is 0 Å². The zero-order valence-corrected chi connectivity index (χ0v) is 22.7. The molecule has 0 aliphatic carbocycles. The second-order valence-electron chi connectivity index (χ2n) is 8.12. The summed E-state index contributed by atoms with van der Waals surface area (Å²) in [5, 5.41) is 0.682. The molecule has 0 aliphatic heterocycles. The van der Waals surface area contributed by atoms with E-state index in [1.807, 2.05) is 103 Å². The van der Waals surface area contributed by atoms with E-state index in [9.17, 15) is 8.42 Å². The first kappa shape index (κ1) is 25.8. The molecular weight excluding hydrogens is 554 g/mol. The lowest BCUT2D eigenvalue weighted by Crippen LogP contribution is -3.00. The number of hydrogen-bond acceptors (Lipinski definition) is 5. The summed E-state index contributed by atoms with van der Waals surface area (Å²) in [5.74, 6) is 0.413. The molecule has 8 heteroatoms. The number of nitrogens with zero attached hydrogens (tertiary/aromatic N) is 3. The summed E-state index contributed by atoms with van der Waals surface area (Å²) in [7, 11) is -3.58. The normalized spacial score (nSPS) is 11.0. The Hall–Kier alpha value is -3.33. The summed E-state index contributed by atoms with van der Waals surface area (Å²) in [4.78, 5) is 7.33. The maximum atomic E-state index is 13.3. The topological polar surface area (TPSA) is 54.1 Å². The van der Waals surface area contributed by atoms with Crippen LogP contribution in [0.25, 0.3) is 11.4 Å². The van der Waals surface area contributed by atoms with Gasteiger partial charge in [0.25, 0.3) is 0 Å². The zero-order chi connectivity index (χ0) is 24.3. The van der Waals surface area contributed by atoms with Gasteiger partial charge in [0.1, 0.15) is 11.5 Å². The lowest BCUT2D eigenvalue weighted by molar-refractivity contribution is -0.597. The van der Waals surface area contributed by atoms with Crippen LogP contribution >= 0.6 is 11.5 Å². The largest absolute Gasteiger partial charge is 1.00 e. The van der Waals surface area contributed by atoms with E-state index in [-0.39, 0.29) is 22.9 Å². The van der Waals surface area contributed by atoms with Crippen molar-refractivity contribution in [3.05, 3.63) is 121 Å². The number of halogens is 1. The average Bonchev–Trinajstić information content (AvgIpc) is 3.29. The van der Waals surface area contributed by atoms with Gasteiger partial charge in [0.05, 0.1) is 21.8 Å². The molecule has 0 unspecified atom stereocenters. The second kappa shape index (κ2) is 11.2. The molecular formula is C28H24BrN3O2S2. The number of para-hydroxylation sites is 2. The maximum absolute atomic E-state index is 13.3. The number of hydrogen-bond donors (Lipinski definition) is 0. The van der Waals surface area contributed by atoms with Gasteiger partial charge in [-0.2, -0.15) is 3.96 Å². The minimum atomic E-state index is -3.58. The van der Waals surface area contributed by atoms with E-state index in [0.717, 1.165) is 22.5 Å². The van der Waals surface area contributed by atoms with Crippen molar-refractivity contribution in [2.75, 3.05) is 4.90 Å². The van der Waals surface area contributed by atoms with Crippen LogP contribution in [0.4, 0.5) is 16.5 Å². The van der Waals surface area contributed by atoms with Crippen LogP contribution < -0.4 is 25.8 Å². The monoisotopic (exact) mass is 577 g/mol. The summed E-state index contributed by atoms with van der Waals surface area (Å²) in [5.41, 5.74) is 3.88. The molecule has 36 heavy (non-hydrogen) atoms. The Labute approximate surface area is 226 Å². The van der Waals surface area contributed by atoms with E-state index in [2.05, 4.69) is 0 Å². The predicted molar refractivity (Wildman–Crippen MR) is 141 cm³/mol. The quantitative estimate of drug-likeness (QED) is 0.278. The van der Waals surface area contributed by atoms with Crippen LogP contribution in [0.15, 0.2) is 120 Å². The van der Waals surface area contributed by atoms with E-state index in [0.29, 0.717) is 15.9 Å². The first-order chi connectivity index (χ1) is 17.0. The fraction of sp³-hybridized carbons (Fsp3) is 0.0714. The van der Waals surface area contributed by atoms with Crippen molar-refractivity contribution in [2.24, 2.45) is 0 Å². The molecule has 5 aromatic rings. The van der Waals surface area contributed by atoms with Crippen molar-refractivity contribution >= 4 is 37.9 Å². The summed E-state index contributed by atoms with van der Waals surface area (Å²) < 4.78 is 28.4. The van der Waals surface area contributed by atoms with Crippen LogP contribution in [0, 0.1) is 6.92 Å². The summed E-state index contributed by atoms with van der Waals surface area (Å²) in [6.45, 7) is 2.02. The van der Waals surface area contributed by atoms with Gasteiger partial charge >= 0.3 is 11.0 Å². The standard InChI is InChI=1S/C28H24N3O2S2.BrH/c1-22-17-19-23(20-18-22)27-29-28(34-30(27)21-35(32,33)26-15-9-4-10-16-26)31(24-11-5-2-6-12-24)25-13-7-3-8-14-25;/h2-20H,21H2,1H3;1H/q+1;/p-1. The molecule has 182 valence electrons. The molecule has 0 saturated carbocycles. The summed E-state index contributed by atoms with van der Waals surface area (Å²) in [6, 6.07) is 36.5. The molecule has 0 atom stereocenters. The van der Waals surface area contributed by atoms with E-state index < -0.39 is 9.84 Å². The first-order valence-corrected chi connectivity index (χ1v) is 13.6. The molecule has 4 aromatic carbocycles. The van der Waals surface area contributed by atoms with Gasteiger partial charge < -0.3 is 17.0 Å². The number of rotatable bonds is 7. The Morgan fingerprint density at radius 2 is 1.25 bits per heavy atom. The van der Waals surface area contributed by atoms with Crippen LogP contribution in [0.5, 0.6) is 0 Å². The van der Waals surface area contributed by atoms with Gasteiger partial charge in [-0.1, -0.05) is 72.3 Å². The number of aromatic nitrogens is 2. The van der Waals surface area contributed by atoms with Crippen LogP contribution in [-0.2, 0) is 15.7 Å². The van der Waals surface area contributed by atoms with Crippen molar-refractivity contribution < 1.29 is 29.4 Å². The molecule has 0 bridgehead atoms. The first-order valence-electron chi connectivity index (χ1n) is 11.2. The molecule has 0 saturated heterocycles. The van der Waals surface area contributed by atoms with Gasteiger partial charge in [0.2, 0.25) is 15.7 Å². The van der Waals surface area contributed by atoms with Crippen LogP contribution in [0.3, 0.4) is 0 Å². The lowest BCUT2D eigenvalue weighted by atomic mass is 10.1. The Kier molecular flexibility index (Phi) is 7.98. The Morgan fingerprint density at radius 3 is 1.78 bits per heavy atom. The van der Waals surface area contributed by atoms with Crippen molar-refractivity contribution in [1.82, 2.24) is 4.98 Å². The molecule has 1 aromatic heterocycles. The Morgan fingerprint density at radius 1 is 0.750 bits per heavy atom. The minimum Gasteiger partial charge on any atom is -1.00 e. The van der Waals surface area contributed by atoms with Crippen LogP contribution in [-0.4, -0.2) is 13.4 Å². The second-order valence-corrected chi connectivity index (χ2v) is 11.1. The number of aryl methyl sites for hydroxylation is 1. The smallest absolute Gasteiger partial charge is 0.346 e. The number of sulfone groups is 1. The molecule has 0 radical (unpaired) electrons. The van der Waals surface area contributed by atoms with E-state index in [4.69, 9.17) is 4.98 Å². The number of benzene rings is 4. The summed E-state index contributed by atoms with van der Waals surface area (Å²) in [6.07, 6.45) is 0. The van der Waals surface area contributed by atoms with Crippen molar-refractivity contribution in [3.8, 4) is 11.4 Å². The van der Waals surface area contributed by atoms with E-state index in [1.54, 1.807) is 28.2 Å². The van der Waals surface area contributed by atoms with E-state index in [1.165, 1.54) is 11.5 Å². The van der Waals surface area contributed by atoms with Crippen LogP contribution in [0.1, 0.15) is 5.56 Å². The molecule has 1 heterocycles. The Bertz CT molecular complexity index is 1490. The predicted octanol–water partition coefficient (Wildman–Crippen LogP) is 3.31. The van der Waals surface area contributed by atoms with Crippen molar-refractivity contribution in [1.29, 1.82) is 0 Å². The maximum Gasteiger partial charge on any atom is 0.346 e. The highest BCUT2D eigenvalue weighted by Crippen LogP contribution is 2.36. The third-order valence-corrected chi connectivity index (χ3v) is 8.26. The van der Waals surface area contributed by atoms with Gasteiger partial charge in [-0.25, -0.2) is 8.42 Å². The van der Waals surface area contributed by atoms with Gasteiger partial charge in [0.15, 0.2) is 0 Å².